The molecule has 0 aromatic rings. The Morgan fingerprint density at radius 2 is 2.45 bits per heavy atom. The van der Waals surface area contributed by atoms with Crippen LogP contribution in [0.25, 0.3) is 0 Å². The Hall–Kier alpha value is -1.24. The standard InChI is InChI=1S/C7H11N3O/c1-5-3-9-6(11)10-7(5,2)4-8/h5H,3H2,1-2H3,(H2,9,10,11). The van der Waals surface area contributed by atoms with E-state index in [1.54, 1.807) is 6.92 Å². The first-order valence-electron chi connectivity index (χ1n) is 3.56. The van der Waals surface area contributed by atoms with Crippen LogP contribution in [-0.2, 0) is 0 Å². The van der Waals surface area contributed by atoms with Crippen LogP contribution in [0.2, 0.25) is 0 Å². The highest BCUT2D eigenvalue weighted by Gasteiger charge is 2.36. The molecule has 1 heterocycles. The Bertz CT molecular complexity index is 220. The third-order valence-electron chi connectivity index (χ3n) is 2.16. The van der Waals surface area contributed by atoms with Gasteiger partial charge in [0.15, 0.2) is 0 Å². The molecule has 2 amide bonds. The zero-order chi connectivity index (χ0) is 8.48. The smallest absolute Gasteiger partial charge is 0.316 e. The second-order valence-corrected chi connectivity index (χ2v) is 3.05. The number of nitriles is 1. The van der Waals surface area contributed by atoms with Gasteiger partial charge in [-0.05, 0) is 6.92 Å². The van der Waals surface area contributed by atoms with Crippen LogP contribution in [0.4, 0.5) is 4.79 Å². The van der Waals surface area contributed by atoms with E-state index in [0.717, 1.165) is 0 Å². The summed E-state index contributed by atoms with van der Waals surface area (Å²) in [6.45, 7) is 4.22. The molecule has 4 heteroatoms. The molecule has 0 aliphatic carbocycles. The van der Waals surface area contributed by atoms with E-state index in [9.17, 15) is 4.79 Å². The van der Waals surface area contributed by atoms with Crippen LogP contribution >= 0.6 is 0 Å². The number of carbonyl (C=O) groups is 1. The zero-order valence-corrected chi connectivity index (χ0v) is 6.64. The predicted octanol–water partition coefficient (Wildman–Crippen LogP) is 0.218. The normalized spacial score (nSPS) is 36.8. The molecule has 0 bridgehead atoms. The monoisotopic (exact) mass is 153 g/mol. The van der Waals surface area contributed by atoms with Gasteiger partial charge in [0, 0.05) is 12.5 Å². The topological polar surface area (TPSA) is 64.9 Å². The minimum atomic E-state index is -0.706. The van der Waals surface area contributed by atoms with Crippen LogP contribution in [0.3, 0.4) is 0 Å². The third-order valence-corrected chi connectivity index (χ3v) is 2.16. The number of carbonyl (C=O) groups excluding carboxylic acids is 1. The van der Waals surface area contributed by atoms with Gasteiger partial charge in [0.05, 0.1) is 6.07 Å². The number of hydrogen-bond acceptors (Lipinski definition) is 2. The predicted molar refractivity (Wildman–Crippen MR) is 39.7 cm³/mol. The molecular weight excluding hydrogens is 142 g/mol. The molecule has 2 N–H and O–H groups in total. The minimum Gasteiger partial charge on any atom is -0.338 e. The minimum absolute atomic E-state index is 0.144. The fraction of sp³-hybridized carbons (Fsp3) is 0.714. The van der Waals surface area contributed by atoms with E-state index in [2.05, 4.69) is 16.7 Å². The van der Waals surface area contributed by atoms with Crippen LogP contribution < -0.4 is 10.6 Å². The highest BCUT2D eigenvalue weighted by Crippen LogP contribution is 2.17. The molecule has 4 nitrogen and oxygen atoms in total. The molecule has 1 fully saturated rings. The van der Waals surface area contributed by atoms with Gasteiger partial charge in [-0.2, -0.15) is 5.26 Å². The van der Waals surface area contributed by atoms with Crippen LogP contribution in [0.5, 0.6) is 0 Å². The number of rotatable bonds is 0. The van der Waals surface area contributed by atoms with Crippen LogP contribution in [-0.4, -0.2) is 18.1 Å². The van der Waals surface area contributed by atoms with Gasteiger partial charge >= 0.3 is 6.03 Å². The maximum absolute atomic E-state index is 10.8. The summed E-state index contributed by atoms with van der Waals surface area (Å²) in [5.41, 5.74) is -0.706. The molecular formula is C7H11N3O. The van der Waals surface area contributed by atoms with E-state index in [1.165, 1.54) is 0 Å². The van der Waals surface area contributed by atoms with Crippen molar-refractivity contribution < 1.29 is 4.79 Å². The van der Waals surface area contributed by atoms with Crippen molar-refractivity contribution in [1.82, 2.24) is 10.6 Å². The van der Waals surface area contributed by atoms with Crippen molar-refractivity contribution in [1.29, 1.82) is 5.26 Å². The lowest BCUT2D eigenvalue weighted by molar-refractivity contribution is 0.204. The Balaban J connectivity index is 2.78. The highest BCUT2D eigenvalue weighted by atomic mass is 16.2. The Kier molecular flexibility index (Phi) is 1.73. The van der Waals surface area contributed by atoms with Crippen molar-refractivity contribution in [3.63, 3.8) is 0 Å². The maximum Gasteiger partial charge on any atom is 0.316 e. The van der Waals surface area contributed by atoms with E-state index in [4.69, 9.17) is 5.26 Å². The zero-order valence-electron chi connectivity index (χ0n) is 6.64. The quantitative estimate of drug-likeness (QED) is 0.522. The number of nitrogens with zero attached hydrogens (tertiary/aromatic N) is 1. The van der Waals surface area contributed by atoms with Gasteiger partial charge < -0.3 is 10.6 Å². The fourth-order valence-electron chi connectivity index (χ4n) is 0.991. The van der Waals surface area contributed by atoms with Crippen molar-refractivity contribution in [2.45, 2.75) is 19.4 Å². The van der Waals surface area contributed by atoms with Crippen LogP contribution in [0, 0.1) is 17.2 Å². The molecule has 0 aromatic carbocycles. The van der Waals surface area contributed by atoms with Gasteiger partial charge in [-0.1, -0.05) is 6.92 Å². The fourth-order valence-corrected chi connectivity index (χ4v) is 0.991. The first-order chi connectivity index (χ1) is 5.08. The van der Waals surface area contributed by atoms with Crippen molar-refractivity contribution in [3.8, 4) is 6.07 Å². The summed E-state index contributed by atoms with van der Waals surface area (Å²) in [4.78, 5) is 10.8. The van der Waals surface area contributed by atoms with E-state index >= 15 is 0 Å². The van der Waals surface area contributed by atoms with Crippen molar-refractivity contribution in [2.75, 3.05) is 6.54 Å². The molecule has 0 radical (unpaired) electrons. The Morgan fingerprint density at radius 3 is 2.91 bits per heavy atom. The number of amides is 2. The molecule has 2 atom stereocenters. The lowest BCUT2D eigenvalue weighted by Gasteiger charge is -2.34. The maximum atomic E-state index is 10.8. The molecule has 2 unspecified atom stereocenters. The van der Waals surface area contributed by atoms with Crippen molar-refractivity contribution >= 4 is 6.03 Å². The molecule has 1 aliphatic heterocycles. The van der Waals surface area contributed by atoms with E-state index in [0.29, 0.717) is 6.54 Å². The van der Waals surface area contributed by atoms with Gasteiger partial charge in [-0.15, -0.1) is 0 Å². The first kappa shape index (κ1) is 7.86. The molecule has 0 spiro atoms. The largest absolute Gasteiger partial charge is 0.338 e. The van der Waals surface area contributed by atoms with Crippen molar-refractivity contribution in [2.24, 2.45) is 5.92 Å². The lowest BCUT2D eigenvalue weighted by Crippen LogP contribution is -2.60. The summed E-state index contributed by atoms with van der Waals surface area (Å²) in [6.07, 6.45) is 0. The van der Waals surface area contributed by atoms with Crippen LogP contribution in [0.15, 0.2) is 0 Å². The van der Waals surface area contributed by atoms with Gasteiger partial charge in [-0.25, -0.2) is 4.79 Å². The van der Waals surface area contributed by atoms with Gasteiger partial charge in [0.2, 0.25) is 0 Å². The summed E-state index contributed by atoms with van der Waals surface area (Å²) in [5.74, 6) is 0.144. The molecule has 0 saturated carbocycles. The highest BCUT2D eigenvalue weighted by molar-refractivity contribution is 5.76. The van der Waals surface area contributed by atoms with Crippen molar-refractivity contribution in [3.05, 3.63) is 0 Å². The van der Waals surface area contributed by atoms with Gasteiger partial charge in [-0.3, -0.25) is 0 Å². The van der Waals surface area contributed by atoms with E-state index in [1.807, 2.05) is 6.92 Å². The van der Waals surface area contributed by atoms with Gasteiger partial charge in [0.25, 0.3) is 0 Å². The second kappa shape index (κ2) is 2.42. The summed E-state index contributed by atoms with van der Waals surface area (Å²) < 4.78 is 0. The number of hydrogen-bond donors (Lipinski definition) is 2. The Morgan fingerprint density at radius 1 is 1.82 bits per heavy atom. The molecule has 1 rings (SSSR count). The number of urea groups is 1. The molecule has 60 valence electrons. The number of nitrogens with one attached hydrogen (secondary N) is 2. The molecule has 1 saturated heterocycles. The Labute approximate surface area is 65.6 Å². The van der Waals surface area contributed by atoms with Crippen LogP contribution in [0.1, 0.15) is 13.8 Å². The SMILES string of the molecule is CC1CNC(=O)NC1(C)C#N. The summed E-state index contributed by atoms with van der Waals surface area (Å²) in [6, 6.07) is 1.83. The summed E-state index contributed by atoms with van der Waals surface area (Å²) in [7, 11) is 0. The molecule has 1 aliphatic rings. The van der Waals surface area contributed by atoms with E-state index < -0.39 is 5.54 Å². The summed E-state index contributed by atoms with van der Waals surface area (Å²) in [5, 5.41) is 13.9. The first-order valence-corrected chi connectivity index (χ1v) is 3.56. The third kappa shape index (κ3) is 1.27. The second-order valence-electron chi connectivity index (χ2n) is 3.05. The average Bonchev–Trinajstić information content (AvgIpc) is 1.98. The van der Waals surface area contributed by atoms with Gasteiger partial charge in [0.1, 0.15) is 5.54 Å². The molecule has 11 heavy (non-hydrogen) atoms. The van der Waals surface area contributed by atoms with E-state index in [-0.39, 0.29) is 11.9 Å². The molecule has 0 aromatic heterocycles. The average molecular weight is 153 g/mol. The summed E-state index contributed by atoms with van der Waals surface area (Å²) >= 11 is 0. The lowest BCUT2D eigenvalue weighted by atomic mass is 9.87.